The van der Waals surface area contributed by atoms with Crippen LogP contribution in [-0.4, -0.2) is 14.7 Å². The summed E-state index contributed by atoms with van der Waals surface area (Å²) in [6.45, 7) is 4.46. The number of benzene rings is 1. The SMILES string of the molecule is Cc1cc([C@H]2[C@@H](c3ccccn3)NC(=S)N2c2ccc(Br)cc2)c(C)n1C1CC1. The second kappa shape index (κ2) is 7.26. The molecule has 4 nitrogen and oxygen atoms in total. The van der Waals surface area contributed by atoms with Gasteiger partial charge in [0.15, 0.2) is 5.11 Å². The summed E-state index contributed by atoms with van der Waals surface area (Å²) in [5.41, 5.74) is 6.08. The Kier molecular flexibility index (Phi) is 4.71. The fourth-order valence-corrected chi connectivity index (χ4v) is 5.16. The number of hydrogen-bond donors (Lipinski definition) is 1. The number of aromatic nitrogens is 2. The maximum absolute atomic E-state index is 5.82. The van der Waals surface area contributed by atoms with E-state index < -0.39 is 0 Å². The van der Waals surface area contributed by atoms with Gasteiger partial charge in [-0.3, -0.25) is 4.98 Å². The van der Waals surface area contributed by atoms with Gasteiger partial charge in [-0.2, -0.15) is 0 Å². The van der Waals surface area contributed by atoms with E-state index in [1.807, 2.05) is 18.3 Å². The number of nitrogens with zero attached hydrogens (tertiary/aromatic N) is 3. The fraction of sp³-hybridized carbons (Fsp3) is 0.304. The fourth-order valence-electron chi connectivity index (χ4n) is 4.55. The molecule has 1 aromatic carbocycles. The summed E-state index contributed by atoms with van der Waals surface area (Å²) in [4.78, 5) is 6.91. The predicted octanol–water partition coefficient (Wildman–Crippen LogP) is 5.77. The topological polar surface area (TPSA) is 33.1 Å². The summed E-state index contributed by atoms with van der Waals surface area (Å²) in [7, 11) is 0. The van der Waals surface area contributed by atoms with E-state index in [9.17, 15) is 0 Å². The van der Waals surface area contributed by atoms with Gasteiger partial charge in [0.25, 0.3) is 0 Å². The lowest BCUT2D eigenvalue weighted by atomic mass is 9.96. The van der Waals surface area contributed by atoms with Crippen LogP contribution in [0.15, 0.2) is 59.2 Å². The molecule has 6 heteroatoms. The molecule has 0 amide bonds. The van der Waals surface area contributed by atoms with Crippen LogP contribution in [0.1, 0.15) is 53.6 Å². The summed E-state index contributed by atoms with van der Waals surface area (Å²) in [6, 6.07) is 17.5. The number of rotatable bonds is 4. The van der Waals surface area contributed by atoms with Crippen molar-refractivity contribution in [2.75, 3.05) is 4.90 Å². The normalized spacial score (nSPS) is 21.5. The first-order valence-corrected chi connectivity index (χ1v) is 11.2. The molecule has 2 fully saturated rings. The largest absolute Gasteiger partial charge is 0.351 e. The van der Waals surface area contributed by atoms with Gasteiger partial charge >= 0.3 is 0 Å². The molecular weight excluding hydrogens is 444 g/mol. The van der Waals surface area contributed by atoms with Crippen LogP contribution in [0.3, 0.4) is 0 Å². The van der Waals surface area contributed by atoms with Crippen molar-refractivity contribution in [1.29, 1.82) is 0 Å². The van der Waals surface area contributed by atoms with Crippen molar-refractivity contribution < 1.29 is 0 Å². The lowest BCUT2D eigenvalue weighted by Crippen LogP contribution is -2.29. The molecule has 1 aliphatic carbocycles. The average molecular weight is 467 g/mol. The van der Waals surface area contributed by atoms with Gasteiger partial charge in [0, 0.05) is 33.8 Å². The van der Waals surface area contributed by atoms with Gasteiger partial charge in [0.2, 0.25) is 0 Å². The number of nitrogens with one attached hydrogen (secondary N) is 1. The summed E-state index contributed by atoms with van der Waals surface area (Å²) in [6.07, 6.45) is 4.40. The number of hydrogen-bond acceptors (Lipinski definition) is 2. The second-order valence-electron chi connectivity index (χ2n) is 7.90. The molecule has 2 atom stereocenters. The highest BCUT2D eigenvalue weighted by molar-refractivity contribution is 9.10. The first-order chi connectivity index (χ1) is 14.0. The highest BCUT2D eigenvalue weighted by Crippen LogP contribution is 2.46. The molecule has 0 radical (unpaired) electrons. The van der Waals surface area contributed by atoms with Crippen molar-refractivity contribution in [3.8, 4) is 0 Å². The number of aryl methyl sites for hydroxylation is 1. The molecule has 3 aromatic rings. The van der Waals surface area contributed by atoms with E-state index in [2.05, 4.69) is 85.9 Å². The van der Waals surface area contributed by atoms with Crippen molar-refractivity contribution in [3.05, 3.63) is 81.8 Å². The van der Waals surface area contributed by atoms with Gasteiger partial charge in [-0.15, -0.1) is 0 Å². The first-order valence-electron chi connectivity index (χ1n) is 9.99. The maximum Gasteiger partial charge on any atom is 0.174 e. The molecule has 0 bridgehead atoms. The van der Waals surface area contributed by atoms with E-state index in [1.54, 1.807) is 0 Å². The molecule has 1 saturated heterocycles. The minimum absolute atomic E-state index is 0.000463. The predicted molar refractivity (Wildman–Crippen MR) is 124 cm³/mol. The monoisotopic (exact) mass is 466 g/mol. The maximum atomic E-state index is 5.82. The van der Waals surface area contributed by atoms with E-state index in [0.29, 0.717) is 6.04 Å². The molecule has 0 unspecified atom stereocenters. The molecule has 0 spiro atoms. The van der Waals surface area contributed by atoms with Crippen molar-refractivity contribution in [1.82, 2.24) is 14.9 Å². The Labute approximate surface area is 185 Å². The van der Waals surface area contributed by atoms with Crippen molar-refractivity contribution in [2.24, 2.45) is 0 Å². The Bertz CT molecular complexity index is 1060. The highest BCUT2D eigenvalue weighted by atomic mass is 79.9. The van der Waals surface area contributed by atoms with Gasteiger partial charge in [0.05, 0.1) is 17.8 Å². The van der Waals surface area contributed by atoms with Crippen LogP contribution in [0.2, 0.25) is 0 Å². The Morgan fingerprint density at radius 1 is 1.10 bits per heavy atom. The molecular formula is C23H23BrN4S. The van der Waals surface area contributed by atoms with Gasteiger partial charge < -0.3 is 14.8 Å². The van der Waals surface area contributed by atoms with E-state index in [0.717, 1.165) is 21.0 Å². The van der Waals surface area contributed by atoms with Crippen LogP contribution in [0.5, 0.6) is 0 Å². The van der Waals surface area contributed by atoms with Crippen LogP contribution in [-0.2, 0) is 0 Å². The third-order valence-corrected chi connectivity index (χ3v) is 6.80. The smallest absolute Gasteiger partial charge is 0.174 e. The van der Waals surface area contributed by atoms with Gasteiger partial charge in [0.1, 0.15) is 0 Å². The van der Waals surface area contributed by atoms with Crippen molar-refractivity contribution >= 4 is 38.9 Å². The number of halogens is 1. The summed E-state index contributed by atoms with van der Waals surface area (Å²) in [5, 5.41) is 4.30. The quantitative estimate of drug-likeness (QED) is 0.494. The Balaban J connectivity index is 1.66. The van der Waals surface area contributed by atoms with E-state index in [1.165, 1.54) is 29.8 Å². The minimum atomic E-state index is 0.000463. The third-order valence-electron chi connectivity index (χ3n) is 5.96. The van der Waals surface area contributed by atoms with Crippen molar-refractivity contribution in [2.45, 2.75) is 44.8 Å². The van der Waals surface area contributed by atoms with Crippen LogP contribution in [0.25, 0.3) is 0 Å². The molecule has 5 rings (SSSR count). The van der Waals surface area contributed by atoms with Crippen LogP contribution < -0.4 is 10.2 Å². The lowest BCUT2D eigenvalue weighted by Gasteiger charge is -2.28. The Morgan fingerprint density at radius 2 is 1.86 bits per heavy atom. The summed E-state index contributed by atoms with van der Waals surface area (Å²) < 4.78 is 3.57. The molecule has 3 heterocycles. The molecule has 2 aromatic heterocycles. The average Bonchev–Trinajstić information content (AvgIpc) is 3.43. The summed E-state index contributed by atoms with van der Waals surface area (Å²) in [5.74, 6) is 0. The molecule has 2 aliphatic rings. The zero-order valence-electron chi connectivity index (χ0n) is 16.5. The first kappa shape index (κ1) is 18.8. The number of anilines is 1. The highest BCUT2D eigenvalue weighted by Gasteiger charge is 2.42. The van der Waals surface area contributed by atoms with Crippen LogP contribution in [0, 0.1) is 13.8 Å². The van der Waals surface area contributed by atoms with E-state index >= 15 is 0 Å². The van der Waals surface area contributed by atoms with E-state index in [-0.39, 0.29) is 12.1 Å². The Hall–Kier alpha value is -2.18. The standard InChI is InChI=1S/C23H23BrN4S/c1-14-13-19(15(2)27(14)17-10-11-17)22-21(20-5-3-4-12-25-20)26-23(29)28(22)18-8-6-16(24)7-9-18/h3-9,12-13,17,21-22H,10-11H2,1-2H3,(H,26,29)/t21-,22+/m1/s1. The molecule has 1 aliphatic heterocycles. The van der Waals surface area contributed by atoms with Gasteiger partial charge in [-0.1, -0.05) is 22.0 Å². The van der Waals surface area contributed by atoms with Gasteiger partial charge in [-0.05, 0) is 86.9 Å². The van der Waals surface area contributed by atoms with Gasteiger partial charge in [-0.25, -0.2) is 0 Å². The molecule has 1 N–H and O–H groups in total. The van der Waals surface area contributed by atoms with Crippen molar-refractivity contribution in [3.63, 3.8) is 0 Å². The number of thiocarbonyl (C=S) groups is 1. The van der Waals surface area contributed by atoms with Crippen LogP contribution in [0.4, 0.5) is 5.69 Å². The Morgan fingerprint density at radius 3 is 2.52 bits per heavy atom. The lowest BCUT2D eigenvalue weighted by molar-refractivity contribution is 0.562. The minimum Gasteiger partial charge on any atom is -0.351 e. The molecule has 148 valence electrons. The molecule has 29 heavy (non-hydrogen) atoms. The van der Waals surface area contributed by atoms with Crippen LogP contribution >= 0.6 is 28.1 Å². The number of pyridine rings is 1. The molecule has 1 saturated carbocycles. The van der Waals surface area contributed by atoms with E-state index in [4.69, 9.17) is 12.2 Å². The zero-order chi connectivity index (χ0) is 20.1. The third kappa shape index (κ3) is 3.28. The second-order valence-corrected chi connectivity index (χ2v) is 9.20. The summed E-state index contributed by atoms with van der Waals surface area (Å²) >= 11 is 9.37. The zero-order valence-corrected chi connectivity index (χ0v) is 18.9.